The van der Waals surface area contributed by atoms with E-state index < -0.39 is 5.16 Å². The quantitative estimate of drug-likeness (QED) is 0.769. The zero-order valence-electron chi connectivity index (χ0n) is 13.1. The third kappa shape index (κ3) is 2.49. The fourth-order valence-corrected chi connectivity index (χ4v) is 4.37. The van der Waals surface area contributed by atoms with Crippen LogP contribution in [0.25, 0.3) is 0 Å². The maximum absolute atomic E-state index is 13.0. The van der Waals surface area contributed by atoms with Crippen molar-refractivity contribution in [2.75, 3.05) is 6.54 Å². The molecule has 0 aromatic carbocycles. The van der Waals surface area contributed by atoms with Gasteiger partial charge in [-0.2, -0.15) is 5.26 Å². The first-order valence-electron chi connectivity index (χ1n) is 7.54. The van der Waals surface area contributed by atoms with Crippen molar-refractivity contribution in [1.82, 2.24) is 10.1 Å². The number of likely N-dealkylation sites (tertiary alicyclic amines) is 1. The summed E-state index contributed by atoms with van der Waals surface area (Å²) in [5.74, 6) is 0.0226. The van der Waals surface area contributed by atoms with Crippen LogP contribution in [0, 0.1) is 30.1 Å². The number of ketones is 1. The Labute approximate surface area is 136 Å². The Bertz CT molecular complexity index is 748. The van der Waals surface area contributed by atoms with Crippen molar-refractivity contribution in [2.24, 2.45) is 11.8 Å². The second kappa shape index (κ2) is 5.58. The lowest BCUT2D eigenvalue weighted by Gasteiger charge is -2.47. The van der Waals surface area contributed by atoms with Crippen LogP contribution in [0.4, 0.5) is 0 Å². The Morgan fingerprint density at radius 1 is 1.57 bits per heavy atom. The van der Waals surface area contributed by atoms with E-state index in [4.69, 9.17) is 4.52 Å². The van der Waals surface area contributed by atoms with E-state index >= 15 is 0 Å². The van der Waals surface area contributed by atoms with Crippen molar-refractivity contribution in [3.63, 3.8) is 0 Å². The summed E-state index contributed by atoms with van der Waals surface area (Å²) >= 11 is 0. The number of hydrogen-bond acceptors (Lipinski definition) is 5. The number of piperidine rings is 1. The predicted octanol–water partition coefficient (Wildman–Crippen LogP) is 1.61. The number of nitriles is 1. The second-order valence-electron chi connectivity index (χ2n) is 6.31. The van der Waals surface area contributed by atoms with Gasteiger partial charge in [0.25, 0.3) is 0 Å². The molecule has 6 nitrogen and oxygen atoms in total. The van der Waals surface area contributed by atoms with Gasteiger partial charge in [-0.1, -0.05) is 12.1 Å². The first-order valence-corrected chi connectivity index (χ1v) is 8.12. The molecule has 0 bridgehead atoms. The highest BCUT2D eigenvalue weighted by atomic mass is 31.0. The Kier molecular flexibility index (Phi) is 3.85. The molecule has 4 atom stereocenters. The summed E-state index contributed by atoms with van der Waals surface area (Å²) in [5.41, 5.74) is 0.781. The van der Waals surface area contributed by atoms with Crippen LogP contribution >= 0.6 is 9.24 Å². The van der Waals surface area contributed by atoms with Crippen molar-refractivity contribution in [3.8, 4) is 6.07 Å². The predicted molar refractivity (Wildman–Crippen MR) is 85.1 cm³/mol. The molecule has 1 amide bonds. The van der Waals surface area contributed by atoms with Crippen molar-refractivity contribution < 1.29 is 14.1 Å². The van der Waals surface area contributed by atoms with Gasteiger partial charge in [0.15, 0.2) is 5.78 Å². The molecule has 0 saturated carbocycles. The van der Waals surface area contributed by atoms with Crippen LogP contribution in [0.5, 0.6) is 0 Å². The number of nitrogens with zero attached hydrogens (tertiary/aromatic N) is 3. The van der Waals surface area contributed by atoms with Crippen LogP contribution in [0.2, 0.25) is 0 Å². The third-order valence-electron chi connectivity index (χ3n) is 4.80. The average molecular weight is 331 g/mol. The van der Waals surface area contributed by atoms with Crippen LogP contribution < -0.4 is 0 Å². The minimum Gasteiger partial charge on any atom is -0.361 e. The monoisotopic (exact) mass is 331 g/mol. The standard InChI is InChI=1S/C16H18N3O3P/c1-9-5-12(18-22-9)8-19-4-3-13-10(2)14(20)11(7-17)6-16(13,23)15(19)21/h5-6,10,13H,3-4,8,23H2,1-2H3/t10-,13-,16+/m1/s1. The van der Waals surface area contributed by atoms with E-state index in [2.05, 4.69) is 14.4 Å². The summed E-state index contributed by atoms with van der Waals surface area (Å²) in [6, 6.07) is 3.73. The molecule has 2 heterocycles. The molecule has 0 radical (unpaired) electrons. The smallest absolute Gasteiger partial charge is 0.237 e. The van der Waals surface area contributed by atoms with Gasteiger partial charge in [-0.15, -0.1) is 9.24 Å². The van der Waals surface area contributed by atoms with Gasteiger partial charge in [-0.3, -0.25) is 9.59 Å². The van der Waals surface area contributed by atoms with Gasteiger partial charge in [-0.05, 0) is 25.3 Å². The first-order chi connectivity index (χ1) is 10.9. The average Bonchev–Trinajstić information content (AvgIpc) is 2.93. The number of carbonyl (C=O) groups is 2. The van der Waals surface area contributed by atoms with Crippen LogP contribution in [0.15, 0.2) is 22.2 Å². The highest BCUT2D eigenvalue weighted by Gasteiger charge is 2.52. The van der Waals surface area contributed by atoms with Crippen LogP contribution in [0.1, 0.15) is 24.8 Å². The fourth-order valence-electron chi connectivity index (χ4n) is 3.56. The fraction of sp³-hybridized carbons (Fsp3) is 0.500. The van der Waals surface area contributed by atoms with Crippen LogP contribution in [-0.4, -0.2) is 33.4 Å². The number of hydrogen-bond donors (Lipinski definition) is 0. The Morgan fingerprint density at radius 3 is 2.91 bits per heavy atom. The molecule has 2 aliphatic rings. The van der Waals surface area contributed by atoms with Gasteiger partial charge in [0.2, 0.25) is 5.91 Å². The molecular formula is C16H18N3O3P. The first kappa shape index (κ1) is 15.9. The number of aromatic nitrogens is 1. The van der Waals surface area contributed by atoms with E-state index in [-0.39, 0.29) is 29.1 Å². The second-order valence-corrected chi connectivity index (χ2v) is 7.26. The summed E-state index contributed by atoms with van der Waals surface area (Å²) in [7, 11) is 2.59. The maximum atomic E-state index is 13.0. The van der Waals surface area contributed by atoms with E-state index in [1.165, 1.54) is 6.08 Å². The zero-order valence-corrected chi connectivity index (χ0v) is 14.2. The van der Waals surface area contributed by atoms with Gasteiger partial charge in [0.05, 0.1) is 17.3 Å². The summed E-state index contributed by atoms with van der Waals surface area (Å²) < 4.78 is 5.05. The number of rotatable bonds is 2. The number of fused-ring (bicyclic) bond motifs is 1. The third-order valence-corrected chi connectivity index (χ3v) is 5.64. The van der Waals surface area contributed by atoms with E-state index in [0.717, 1.165) is 0 Å². The Morgan fingerprint density at radius 2 is 2.30 bits per heavy atom. The lowest BCUT2D eigenvalue weighted by atomic mass is 9.69. The molecule has 1 aliphatic heterocycles. The highest BCUT2D eigenvalue weighted by Crippen LogP contribution is 2.46. The zero-order chi connectivity index (χ0) is 16.8. The van der Waals surface area contributed by atoms with E-state index in [1.54, 1.807) is 24.8 Å². The molecule has 1 saturated heterocycles. The molecule has 7 heteroatoms. The number of carbonyl (C=O) groups excluding carboxylic acids is 2. The lowest BCUT2D eigenvalue weighted by Crippen LogP contribution is -2.58. The van der Waals surface area contributed by atoms with Gasteiger partial charge < -0.3 is 9.42 Å². The van der Waals surface area contributed by atoms with Crippen molar-refractivity contribution in [3.05, 3.63) is 29.2 Å². The van der Waals surface area contributed by atoms with Crippen molar-refractivity contribution in [2.45, 2.75) is 32.0 Å². The molecule has 0 spiro atoms. The topological polar surface area (TPSA) is 87.2 Å². The maximum Gasteiger partial charge on any atom is 0.237 e. The van der Waals surface area contributed by atoms with Gasteiger partial charge >= 0.3 is 0 Å². The number of aryl methyl sites for hydroxylation is 1. The number of allylic oxidation sites excluding steroid dienone is 1. The molecule has 1 fully saturated rings. The number of Topliss-reactive ketones (excluding diaryl/α,β-unsaturated/α-hetero) is 1. The largest absolute Gasteiger partial charge is 0.361 e. The Balaban J connectivity index is 1.92. The van der Waals surface area contributed by atoms with Crippen molar-refractivity contribution >= 4 is 20.9 Å². The minimum absolute atomic E-state index is 0.0798. The van der Waals surface area contributed by atoms with E-state index in [9.17, 15) is 14.9 Å². The molecule has 1 aliphatic carbocycles. The highest BCUT2D eigenvalue weighted by molar-refractivity contribution is 7.21. The number of amides is 1. The molecule has 1 aromatic rings. The summed E-state index contributed by atoms with van der Waals surface area (Å²) in [6.45, 7) is 4.55. The van der Waals surface area contributed by atoms with E-state index in [1.807, 2.05) is 6.07 Å². The molecule has 1 unspecified atom stereocenters. The Hall–Kier alpha value is -1.99. The molecule has 0 N–H and O–H groups in total. The summed E-state index contributed by atoms with van der Waals surface area (Å²) in [4.78, 5) is 26.9. The van der Waals surface area contributed by atoms with Crippen molar-refractivity contribution in [1.29, 1.82) is 5.26 Å². The minimum atomic E-state index is -0.893. The molecule has 3 rings (SSSR count). The lowest BCUT2D eigenvalue weighted by molar-refractivity contribution is -0.140. The molecular weight excluding hydrogens is 313 g/mol. The van der Waals surface area contributed by atoms with Crippen LogP contribution in [0.3, 0.4) is 0 Å². The normalized spacial score (nSPS) is 30.7. The molecule has 1 aromatic heterocycles. The van der Waals surface area contributed by atoms with Gasteiger partial charge in [0, 0.05) is 18.5 Å². The summed E-state index contributed by atoms with van der Waals surface area (Å²) in [6.07, 6.45) is 2.25. The van der Waals surface area contributed by atoms with Gasteiger partial charge in [-0.25, -0.2) is 0 Å². The van der Waals surface area contributed by atoms with Gasteiger partial charge in [0.1, 0.15) is 17.5 Å². The molecule has 120 valence electrons. The van der Waals surface area contributed by atoms with Crippen LogP contribution in [-0.2, 0) is 16.1 Å². The SMILES string of the molecule is Cc1cc(CN2CC[C@@H]3[C@@H](C)C(=O)C(C#N)=C[C@@]3(P)C2=O)no1. The summed E-state index contributed by atoms with van der Waals surface area (Å²) in [5, 5.41) is 12.2. The molecule has 23 heavy (non-hydrogen) atoms. The van der Waals surface area contributed by atoms with E-state index in [0.29, 0.717) is 31.0 Å².